The Bertz CT molecular complexity index is 1220. The molecule has 6 N–H and O–H groups in total. The van der Waals surface area contributed by atoms with Crippen LogP contribution in [0, 0.1) is 6.92 Å². The second kappa shape index (κ2) is 14.1. The monoisotopic (exact) mass is 567 g/mol. The van der Waals surface area contributed by atoms with Crippen molar-refractivity contribution in [1.29, 1.82) is 0 Å². The van der Waals surface area contributed by atoms with Gasteiger partial charge in [-0.05, 0) is 30.2 Å². The molecule has 2 aliphatic rings. The smallest absolute Gasteiger partial charge is 0.253 e. The summed E-state index contributed by atoms with van der Waals surface area (Å²) in [6.45, 7) is 5.96. The molecule has 0 radical (unpaired) electrons. The van der Waals surface area contributed by atoms with Crippen LogP contribution in [0.3, 0.4) is 0 Å². The number of aryl methyl sites for hydroxylation is 1. The number of hydrogen-bond donors (Lipinski definition) is 5. The fourth-order valence-corrected chi connectivity index (χ4v) is 4.56. The summed E-state index contributed by atoms with van der Waals surface area (Å²) in [7, 11) is 0. The molecule has 220 valence electrons. The summed E-state index contributed by atoms with van der Waals surface area (Å²) in [6.07, 6.45) is -1.71. The first-order chi connectivity index (χ1) is 19.7. The number of phenolic OH excluding ortho intramolecular Hbond substituents is 1. The molecule has 2 aromatic rings. The molecule has 4 atom stereocenters. The van der Waals surface area contributed by atoms with Crippen LogP contribution in [-0.2, 0) is 41.5 Å². The van der Waals surface area contributed by atoms with Crippen molar-refractivity contribution in [3.8, 4) is 5.75 Å². The molecule has 12 heteroatoms. The number of nitrogens with two attached hydrogens (primary N) is 1. The molecule has 0 spiro atoms. The average Bonchev–Trinajstić information content (AvgIpc) is 3.76. The Kier molecular flexibility index (Phi) is 10.3. The molecule has 2 saturated heterocycles. The molecule has 41 heavy (non-hydrogen) atoms. The number of rotatable bonds is 13. The van der Waals surface area contributed by atoms with E-state index >= 15 is 0 Å². The van der Waals surface area contributed by atoms with Crippen molar-refractivity contribution in [2.75, 3.05) is 39.4 Å². The number of amides is 4. The van der Waals surface area contributed by atoms with Gasteiger partial charge in [-0.1, -0.05) is 42.0 Å². The van der Waals surface area contributed by atoms with Crippen LogP contribution < -0.4 is 21.7 Å². The molecule has 2 heterocycles. The summed E-state index contributed by atoms with van der Waals surface area (Å²) in [5, 5.41) is 17.6. The van der Waals surface area contributed by atoms with Crippen LogP contribution in [0.1, 0.15) is 16.7 Å². The minimum Gasteiger partial charge on any atom is -0.508 e. The number of epoxide rings is 1. The van der Waals surface area contributed by atoms with Crippen molar-refractivity contribution in [1.82, 2.24) is 20.9 Å². The summed E-state index contributed by atoms with van der Waals surface area (Å²) in [4.78, 5) is 53.2. The van der Waals surface area contributed by atoms with Crippen LogP contribution in [0.2, 0.25) is 0 Å². The van der Waals surface area contributed by atoms with Crippen molar-refractivity contribution in [2.45, 2.75) is 44.1 Å². The maximum absolute atomic E-state index is 13.4. The van der Waals surface area contributed by atoms with E-state index in [-0.39, 0.29) is 24.5 Å². The van der Waals surface area contributed by atoms with Gasteiger partial charge in [0, 0.05) is 39.0 Å². The summed E-state index contributed by atoms with van der Waals surface area (Å²) < 4.78 is 10.7. The SMILES string of the molecule is Cc1ccc(C[C@H](NC(=O)C2O[C@@H]2C(=O)NCCN2CCOCC2)C(=O)N[C@@H](Cc2ccc(O)cc2)C(N)=O)cc1. The van der Waals surface area contributed by atoms with Gasteiger partial charge in [-0.25, -0.2) is 0 Å². The van der Waals surface area contributed by atoms with Crippen LogP contribution in [0.25, 0.3) is 0 Å². The van der Waals surface area contributed by atoms with E-state index in [2.05, 4.69) is 20.9 Å². The molecule has 0 aliphatic carbocycles. The zero-order valence-corrected chi connectivity index (χ0v) is 23.0. The molecule has 12 nitrogen and oxygen atoms in total. The maximum Gasteiger partial charge on any atom is 0.253 e. The molecule has 2 aromatic carbocycles. The standard InChI is InChI=1S/C29H37N5O7/c1-18-2-4-19(5-3-18)17-23(27(37)32-22(26(30)36)16-20-6-8-21(35)9-7-20)33-29(39)25-24(41-25)28(38)31-10-11-34-12-14-40-15-13-34/h2-9,22-25,35H,10-17H2,1H3,(H2,30,36)(H,31,38)(H,32,37)(H,33,39)/t22-,23-,24-,25?/m0/s1. The van der Waals surface area contributed by atoms with Crippen molar-refractivity contribution < 1.29 is 33.8 Å². The largest absolute Gasteiger partial charge is 0.508 e. The number of phenols is 1. The van der Waals surface area contributed by atoms with Crippen LogP contribution >= 0.6 is 0 Å². The van der Waals surface area contributed by atoms with Gasteiger partial charge in [0.05, 0.1) is 13.2 Å². The summed E-state index contributed by atoms with van der Waals surface area (Å²) in [5.74, 6) is -2.26. The molecule has 2 aliphatic heterocycles. The summed E-state index contributed by atoms with van der Waals surface area (Å²) in [6, 6.07) is 11.6. The van der Waals surface area contributed by atoms with E-state index < -0.39 is 42.0 Å². The fraction of sp³-hybridized carbons (Fsp3) is 0.448. The van der Waals surface area contributed by atoms with Gasteiger partial charge in [0.1, 0.15) is 17.8 Å². The molecule has 0 saturated carbocycles. The number of hydrogen-bond acceptors (Lipinski definition) is 8. The number of nitrogens with one attached hydrogen (secondary N) is 3. The van der Waals surface area contributed by atoms with Crippen molar-refractivity contribution >= 4 is 23.6 Å². The average molecular weight is 568 g/mol. The highest BCUT2D eigenvalue weighted by Crippen LogP contribution is 2.23. The predicted molar refractivity (Wildman–Crippen MR) is 149 cm³/mol. The lowest BCUT2D eigenvalue weighted by atomic mass is 10.0. The third-order valence-electron chi connectivity index (χ3n) is 7.07. The predicted octanol–water partition coefficient (Wildman–Crippen LogP) is -0.843. The highest BCUT2D eigenvalue weighted by Gasteiger charge is 2.51. The maximum atomic E-state index is 13.4. The topological polar surface area (TPSA) is 176 Å². The Balaban J connectivity index is 1.35. The summed E-state index contributed by atoms with van der Waals surface area (Å²) in [5.41, 5.74) is 8.08. The second-order valence-corrected chi connectivity index (χ2v) is 10.3. The van der Waals surface area contributed by atoms with Gasteiger partial charge in [-0.15, -0.1) is 0 Å². The second-order valence-electron chi connectivity index (χ2n) is 10.3. The Labute approximate surface area is 238 Å². The van der Waals surface area contributed by atoms with E-state index in [0.29, 0.717) is 31.9 Å². The number of aromatic hydroxyl groups is 1. The van der Waals surface area contributed by atoms with Crippen molar-refractivity contribution in [3.63, 3.8) is 0 Å². The van der Waals surface area contributed by atoms with Crippen molar-refractivity contribution in [3.05, 3.63) is 65.2 Å². The van der Waals surface area contributed by atoms with E-state index in [1.807, 2.05) is 31.2 Å². The van der Waals surface area contributed by atoms with Gasteiger partial charge < -0.3 is 36.3 Å². The van der Waals surface area contributed by atoms with Gasteiger partial charge in [0.15, 0.2) is 12.2 Å². The lowest BCUT2D eigenvalue weighted by Crippen LogP contribution is -2.55. The van der Waals surface area contributed by atoms with Gasteiger partial charge in [-0.3, -0.25) is 24.1 Å². The number of morpholine rings is 1. The molecule has 1 unspecified atom stereocenters. The van der Waals surface area contributed by atoms with E-state index in [1.54, 1.807) is 12.1 Å². The van der Waals surface area contributed by atoms with Gasteiger partial charge in [0.2, 0.25) is 11.8 Å². The molecule has 4 amide bonds. The third kappa shape index (κ3) is 9.00. The highest BCUT2D eigenvalue weighted by molar-refractivity contribution is 5.97. The third-order valence-corrected chi connectivity index (χ3v) is 7.07. The number of carbonyl (C=O) groups is 4. The minimum atomic E-state index is -1.05. The van der Waals surface area contributed by atoms with Crippen LogP contribution in [-0.4, -0.2) is 97.3 Å². The zero-order valence-electron chi connectivity index (χ0n) is 23.0. The molecule has 4 rings (SSSR count). The lowest BCUT2D eigenvalue weighted by Gasteiger charge is -2.26. The van der Waals surface area contributed by atoms with Gasteiger partial charge in [0.25, 0.3) is 11.8 Å². The first-order valence-electron chi connectivity index (χ1n) is 13.7. The number of primary amides is 1. The molecular weight excluding hydrogens is 530 g/mol. The highest BCUT2D eigenvalue weighted by atomic mass is 16.6. The Morgan fingerprint density at radius 3 is 2.12 bits per heavy atom. The quantitative estimate of drug-likeness (QED) is 0.195. The number of ether oxygens (including phenoxy) is 2. The lowest BCUT2D eigenvalue weighted by molar-refractivity contribution is -0.131. The fourth-order valence-electron chi connectivity index (χ4n) is 4.56. The molecular formula is C29H37N5O7. The number of nitrogens with zero attached hydrogens (tertiary/aromatic N) is 1. The van der Waals surface area contributed by atoms with Crippen LogP contribution in [0.5, 0.6) is 5.75 Å². The zero-order chi connectivity index (χ0) is 29.4. The van der Waals surface area contributed by atoms with Crippen molar-refractivity contribution in [2.24, 2.45) is 5.73 Å². The van der Waals surface area contributed by atoms with Gasteiger partial charge in [-0.2, -0.15) is 0 Å². The van der Waals surface area contributed by atoms with Crippen LogP contribution in [0.15, 0.2) is 48.5 Å². The van der Waals surface area contributed by atoms with E-state index in [1.165, 1.54) is 12.1 Å². The first-order valence-corrected chi connectivity index (χ1v) is 13.7. The Morgan fingerprint density at radius 2 is 1.49 bits per heavy atom. The summed E-state index contributed by atoms with van der Waals surface area (Å²) >= 11 is 0. The first kappa shape index (κ1) is 30.0. The van der Waals surface area contributed by atoms with Crippen LogP contribution in [0.4, 0.5) is 0 Å². The van der Waals surface area contributed by atoms with E-state index in [9.17, 15) is 24.3 Å². The molecule has 0 bridgehead atoms. The van der Waals surface area contributed by atoms with Gasteiger partial charge >= 0.3 is 0 Å². The normalized spacial score (nSPS) is 19.9. The number of benzene rings is 2. The molecule has 0 aromatic heterocycles. The van der Waals surface area contributed by atoms with E-state index in [0.717, 1.165) is 24.2 Å². The number of carbonyl (C=O) groups excluding carboxylic acids is 4. The minimum absolute atomic E-state index is 0.0701. The Hall–Kier alpha value is -4.00. The van der Waals surface area contributed by atoms with E-state index in [4.69, 9.17) is 15.2 Å². The Morgan fingerprint density at radius 1 is 0.902 bits per heavy atom. The molecule has 2 fully saturated rings.